The largest absolute Gasteiger partial charge is 0.460 e. The molecule has 29 heavy (non-hydrogen) atoms. The summed E-state index contributed by atoms with van der Waals surface area (Å²) in [5.74, 6) is 1.98. The first-order valence-electron chi connectivity index (χ1n) is 9.46. The number of halogens is 1. The number of aryl methyl sites for hydroxylation is 1. The number of aromatic amines is 1. The van der Waals surface area contributed by atoms with Gasteiger partial charge in [-0.25, -0.2) is 10.1 Å². The number of tetrazole rings is 1. The van der Waals surface area contributed by atoms with Gasteiger partial charge in [-0.05, 0) is 34.0 Å². The Morgan fingerprint density at radius 3 is 2.72 bits per heavy atom. The highest BCUT2D eigenvalue weighted by Gasteiger charge is 2.16. The molecular formula is C20H21ClN6O2. The highest BCUT2D eigenvalue weighted by molar-refractivity contribution is 6.30. The first kappa shape index (κ1) is 19.4. The van der Waals surface area contributed by atoms with E-state index in [4.69, 9.17) is 16.0 Å². The minimum Gasteiger partial charge on any atom is -0.460 e. The fourth-order valence-corrected chi connectivity index (χ4v) is 3.58. The van der Waals surface area contributed by atoms with E-state index in [2.05, 4.69) is 32.5 Å². The normalized spacial score (nSPS) is 11.3. The van der Waals surface area contributed by atoms with Crippen LogP contribution < -0.4 is 0 Å². The van der Waals surface area contributed by atoms with Gasteiger partial charge in [0.05, 0.1) is 18.6 Å². The van der Waals surface area contributed by atoms with Gasteiger partial charge in [-0.1, -0.05) is 49.2 Å². The summed E-state index contributed by atoms with van der Waals surface area (Å²) in [5.41, 5.74) is 3.63. The third kappa shape index (κ3) is 3.94. The van der Waals surface area contributed by atoms with Crippen molar-refractivity contribution in [3.8, 4) is 22.7 Å². The van der Waals surface area contributed by atoms with Gasteiger partial charge in [-0.2, -0.15) is 0 Å². The Morgan fingerprint density at radius 1 is 1.21 bits per heavy atom. The van der Waals surface area contributed by atoms with Gasteiger partial charge < -0.3 is 14.1 Å². The number of imidazole rings is 1. The average molecular weight is 413 g/mol. The summed E-state index contributed by atoms with van der Waals surface area (Å²) >= 11 is 6.23. The molecule has 0 fully saturated rings. The summed E-state index contributed by atoms with van der Waals surface area (Å²) in [7, 11) is 0. The first-order chi connectivity index (χ1) is 14.2. The van der Waals surface area contributed by atoms with Crippen molar-refractivity contribution in [2.75, 3.05) is 0 Å². The Kier molecular flexibility index (Phi) is 5.73. The number of hydrogen-bond donors (Lipinski definition) is 2. The molecule has 0 atom stereocenters. The highest BCUT2D eigenvalue weighted by Crippen LogP contribution is 2.31. The van der Waals surface area contributed by atoms with Crippen molar-refractivity contribution >= 4 is 11.6 Å². The summed E-state index contributed by atoms with van der Waals surface area (Å²) in [6, 6.07) is 10.0. The standard InChI is InChI=1S/C20H21ClN6O2/c1-2-3-4-17-22-19(21)16(12-28)27(17)11-13-5-7-14(8-6-13)15-9-10-29-18(15)20-23-25-26-24-20/h5-10,28H,2-4,11-12H2,1H3,(H,23,24,25,26). The zero-order valence-electron chi connectivity index (χ0n) is 16.0. The molecule has 2 N–H and O–H groups in total. The molecule has 150 valence electrons. The number of furan rings is 1. The zero-order chi connectivity index (χ0) is 20.2. The molecule has 1 aromatic carbocycles. The van der Waals surface area contributed by atoms with Gasteiger partial charge in [0.15, 0.2) is 10.9 Å². The van der Waals surface area contributed by atoms with Crippen LogP contribution in [0.3, 0.4) is 0 Å². The smallest absolute Gasteiger partial charge is 0.215 e. The van der Waals surface area contributed by atoms with Crippen molar-refractivity contribution in [1.29, 1.82) is 0 Å². The summed E-state index contributed by atoms with van der Waals surface area (Å²) < 4.78 is 7.56. The lowest BCUT2D eigenvalue weighted by molar-refractivity contribution is 0.271. The second-order valence-electron chi connectivity index (χ2n) is 6.72. The quantitative estimate of drug-likeness (QED) is 0.455. The molecule has 9 heteroatoms. The molecule has 0 aliphatic carbocycles. The molecule has 0 saturated carbocycles. The van der Waals surface area contributed by atoms with E-state index >= 15 is 0 Å². The molecule has 4 aromatic rings. The molecule has 0 amide bonds. The van der Waals surface area contributed by atoms with Gasteiger partial charge in [0, 0.05) is 18.5 Å². The van der Waals surface area contributed by atoms with Crippen LogP contribution in [-0.2, 0) is 19.6 Å². The van der Waals surface area contributed by atoms with Gasteiger partial charge in [-0.15, -0.1) is 5.10 Å². The number of aromatic nitrogens is 6. The Morgan fingerprint density at radius 2 is 2.03 bits per heavy atom. The molecule has 8 nitrogen and oxygen atoms in total. The Balaban J connectivity index is 1.60. The molecular weight excluding hydrogens is 392 g/mol. The second kappa shape index (κ2) is 8.59. The number of hydrogen-bond acceptors (Lipinski definition) is 6. The topological polar surface area (TPSA) is 106 Å². The van der Waals surface area contributed by atoms with Gasteiger partial charge >= 0.3 is 0 Å². The molecule has 0 aliphatic heterocycles. The summed E-state index contributed by atoms with van der Waals surface area (Å²) in [6.45, 7) is 2.60. The summed E-state index contributed by atoms with van der Waals surface area (Å²) in [4.78, 5) is 4.45. The Labute approximate surface area is 172 Å². The minimum atomic E-state index is -0.139. The van der Waals surface area contributed by atoms with Crippen molar-refractivity contribution in [2.24, 2.45) is 0 Å². The van der Waals surface area contributed by atoms with Gasteiger partial charge in [0.25, 0.3) is 0 Å². The molecule has 0 radical (unpaired) electrons. The van der Waals surface area contributed by atoms with E-state index < -0.39 is 0 Å². The average Bonchev–Trinajstić information content (AvgIpc) is 3.47. The van der Waals surface area contributed by atoms with Crippen molar-refractivity contribution in [3.63, 3.8) is 0 Å². The molecule has 0 spiro atoms. The van der Waals surface area contributed by atoms with E-state index in [9.17, 15) is 5.11 Å². The van der Waals surface area contributed by atoms with Crippen LogP contribution in [0.25, 0.3) is 22.7 Å². The van der Waals surface area contributed by atoms with Crippen LogP contribution in [0.4, 0.5) is 0 Å². The number of benzene rings is 1. The predicted octanol–water partition coefficient (Wildman–Crippen LogP) is 3.86. The van der Waals surface area contributed by atoms with Crippen LogP contribution in [0.1, 0.15) is 36.8 Å². The number of nitrogens with one attached hydrogen (secondary N) is 1. The van der Waals surface area contributed by atoms with E-state index in [0.29, 0.717) is 29.0 Å². The number of rotatable bonds is 8. The van der Waals surface area contributed by atoms with E-state index in [1.807, 2.05) is 34.9 Å². The Bertz CT molecular complexity index is 1070. The van der Waals surface area contributed by atoms with Crippen LogP contribution in [0.2, 0.25) is 5.15 Å². The lowest BCUT2D eigenvalue weighted by Crippen LogP contribution is -2.09. The third-order valence-corrected chi connectivity index (χ3v) is 5.14. The van der Waals surface area contributed by atoms with E-state index in [-0.39, 0.29) is 6.61 Å². The summed E-state index contributed by atoms with van der Waals surface area (Å²) in [5, 5.41) is 23.9. The maximum absolute atomic E-state index is 9.73. The number of unbranched alkanes of at least 4 members (excludes halogenated alkanes) is 1. The van der Waals surface area contributed by atoms with E-state index in [0.717, 1.165) is 41.8 Å². The third-order valence-electron chi connectivity index (χ3n) is 4.84. The van der Waals surface area contributed by atoms with Crippen LogP contribution in [0.15, 0.2) is 41.0 Å². The lowest BCUT2D eigenvalue weighted by Gasteiger charge is -2.12. The van der Waals surface area contributed by atoms with Gasteiger partial charge in [0.2, 0.25) is 5.82 Å². The fraction of sp³-hybridized carbons (Fsp3) is 0.300. The number of nitrogens with zero attached hydrogens (tertiary/aromatic N) is 5. The van der Waals surface area contributed by atoms with Crippen molar-refractivity contribution in [3.05, 3.63) is 58.8 Å². The van der Waals surface area contributed by atoms with Crippen molar-refractivity contribution < 1.29 is 9.52 Å². The molecule has 4 rings (SSSR count). The SMILES string of the molecule is CCCCc1nc(Cl)c(CO)n1Cc1ccc(-c2ccoc2-c2nnn[nH]2)cc1. The number of H-pyrrole nitrogens is 1. The maximum atomic E-state index is 9.73. The van der Waals surface area contributed by atoms with Crippen LogP contribution in [0, 0.1) is 0 Å². The number of aliphatic hydroxyl groups is 1. The molecule has 0 bridgehead atoms. The molecule has 0 saturated heterocycles. The van der Waals surface area contributed by atoms with Crippen molar-refractivity contribution in [2.45, 2.75) is 39.3 Å². The summed E-state index contributed by atoms with van der Waals surface area (Å²) in [6.07, 6.45) is 4.54. The van der Waals surface area contributed by atoms with E-state index in [1.54, 1.807) is 6.26 Å². The van der Waals surface area contributed by atoms with E-state index in [1.165, 1.54) is 0 Å². The molecule has 3 heterocycles. The van der Waals surface area contributed by atoms with Crippen LogP contribution in [0.5, 0.6) is 0 Å². The number of aliphatic hydroxyl groups excluding tert-OH is 1. The zero-order valence-corrected chi connectivity index (χ0v) is 16.7. The highest BCUT2D eigenvalue weighted by atomic mass is 35.5. The Hall–Kier alpha value is -2.97. The van der Waals surface area contributed by atoms with Crippen LogP contribution >= 0.6 is 11.6 Å². The van der Waals surface area contributed by atoms with Gasteiger partial charge in [-0.3, -0.25) is 0 Å². The minimum absolute atomic E-state index is 0.139. The lowest BCUT2D eigenvalue weighted by atomic mass is 10.0. The predicted molar refractivity (Wildman–Crippen MR) is 108 cm³/mol. The first-order valence-corrected chi connectivity index (χ1v) is 9.84. The fourth-order valence-electron chi connectivity index (χ4n) is 3.32. The molecule has 3 aromatic heterocycles. The molecule has 0 aliphatic rings. The van der Waals surface area contributed by atoms with Crippen molar-refractivity contribution in [1.82, 2.24) is 30.2 Å². The molecule has 0 unspecified atom stereocenters. The monoisotopic (exact) mass is 412 g/mol. The van der Waals surface area contributed by atoms with Gasteiger partial charge in [0.1, 0.15) is 5.82 Å². The maximum Gasteiger partial charge on any atom is 0.215 e. The second-order valence-corrected chi connectivity index (χ2v) is 7.08. The van der Waals surface area contributed by atoms with Crippen LogP contribution in [-0.4, -0.2) is 35.3 Å².